The van der Waals surface area contributed by atoms with E-state index >= 15 is 0 Å². The minimum atomic E-state index is -0.827. The standard InChI is InChI=1S/C25H34N2O4.C4H7Cl.C4H6.CH3NO/c1-5-7-12-23(10-6-2)31-25(3,24-13-9-8-11-21(24)19-28)26(4)18-20-14-16-22(17-15-20)27(29)30;1-3-4(2)5;1-3-4-2;1-2-3/h8-9,11,13-17,19,23H,5-7,10,12,18H2,1-4H3;3H,1-2H3;3-4H,1-2H2;1H3/b;4-3+;;. The highest BCUT2D eigenvalue weighted by Crippen LogP contribution is 2.35. The van der Waals surface area contributed by atoms with Crippen LogP contribution in [0.1, 0.15) is 88.2 Å². The summed E-state index contributed by atoms with van der Waals surface area (Å²) < 4.78 is 6.76. The van der Waals surface area contributed by atoms with Crippen molar-refractivity contribution in [2.45, 2.75) is 85.1 Å². The first-order chi connectivity index (χ1) is 20.4. The van der Waals surface area contributed by atoms with Crippen LogP contribution in [-0.4, -0.2) is 36.3 Å². The zero-order valence-corrected chi connectivity index (χ0v) is 27.7. The Bertz CT molecular complexity index is 1110. The molecule has 2 aromatic carbocycles. The Labute approximate surface area is 263 Å². The molecule has 0 aliphatic carbocycles. The summed E-state index contributed by atoms with van der Waals surface area (Å²) >= 11 is 5.32. The molecule has 0 bridgehead atoms. The molecule has 0 saturated heterocycles. The van der Waals surface area contributed by atoms with Gasteiger partial charge in [-0.05, 0) is 46.2 Å². The van der Waals surface area contributed by atoms with Crippen molar-refractivity contribution in [3.8, 4) is 0 Å². The zero-order chi connectivity index (χ0) is 33.3. The molecule has 0 aliphatic rings. The number of rotatable bonds is 14. The molecule has 0 radical (unpaired) electrons. The largest absolute Gasteiger partial charge is 0.353 e. The van der Waals surface area contributed by atoms with Gasteiger partial charge in [-0.15, -0.1) is 0 Å². The zero-order valence-electron chi connectivity index (χ0n) is 26.9. The fourth-order valence-corrected chi connectivity index (χ4v) is 3.87. The van der Waals surface area contributed by atoms with Gasteiger partial charge in [-0.25, -0.2) is 0 Å². The lowest BCUT2D eigenvalue weighted by molar-refractivity contribution is -0.384. The number of allylic oxidation sites excluding steroid dienone is 4. The molecule has 0 aromatic heterocycles. The minimum Gasteiger partial charge on any atom is -0.353 e. The number of halogens is 1. The Hall–Kier alpha value is -3.46. The maximum atomic E-state index is 11.8. The number of nitro benzene ring substituents is 1. The molecule has 2 atom stereocenters. The summed E-state index contributed by atoms with van der Waals surface area (Å²) in [6.07, 6.45) is 11.2. The molecule has 2 unspecified atom stereocenters. The lowest BCUT2D eigenvalue weighted by atomic mass is 9.96. The van der Waals surface area contributed by atoms with Crippen LogP contribution in [0.5, 0.6) is 0 Å². The number of nitro groups is 1. The smallest absolute Gasteiger partial charge is 0.269 e. The number of hydrogen-bond acceptors (Lipinski definition) is 7. The highest BCUT2D eigenvalue weighted by molar-refractivity contribution is 6.29. The van der Waals surface area contributed by atoms with Crippen molar-refractivity contribution in [2.75, 3.05) is 14.1 Å². The number of non-ortho nitro benzene ring substituents is 1. The molecule has 0 N–H and O–H groups in total. The van der Waals surface area contributed by atoms with Crippen molar-refractivity contribution < 1.29 is 14.5 Å². The maximum absolute atomic E-state index is 11.8. The summed E-state index contributed by atoms with van der Waals surface area (Å²) in [7, 11) is 3.16. The monoisotopic (exact) mass is 615 g/mol. The van der Waals surface area contributed by atoms with Crippen LogP contribution in [0.2, 0.25) is 0 Å². The number of hydrogen-bond donors (Lipinski definition) is 0. The summed E-state index contributed by atoms with van der Waals surface area (Å²) in [4.78, 5) is 33.0. The van der Waals surface area contributed by atoms with Crippen molar-refractivity contribution in [1.82, 2.24) is 4.90 Å². The van der Waals surface area contributed by atoms with Crippen molar-refractivity contribution >= 4 is 23.6 Å². The maximum Gasteiger partial charge on any atom is 0.269 e. The second-order valence-electron chi connectivity index (χ2n) is 9.67. The third-order valence-electron chi connectivity index (χ3n) is 6.33. The van der Waals surface area contributed by atoms with Crippen molar-refractivity contribution in [3.05, 3.63) is 117 Å². The first kappa shape index (κ1) is 41.7. The van der Waals surface area contributed by atoms with Gasteiger partial charge in [-0.3, -0.25) is 19.8 Å². The number of benzene rings is 2. The van der Waals surface area contributed by atoms with Gasteiger partial charge in [0.2, 0.25) is 0 Å². The number of nitroso groups, excluding NO2 is 1. The third kappa shape index (κ3) is 17.3. The van der Waals surface area contributed by atoms with Crippen molar-refractivity contribution in [2.24, 2.45) is 5.18 Å². The van der Waals surface area contributed by atoms with Crippen LogP contribution in [0.25, 0.3) is 0 Å². The average Bonchev–Trinajstić information content (AvgIpc) is 3.00. The van der Waals surface area contributed by atoms with Gasteiger partial charge in [-0.1, -0.05) is 118 Å². The minimum absolute atomic E-state index is 0.0688. The molecule has 8 nitrogen and oxygen atoms in total. The Morgan fingerprint density at radius 2 is 1.65 bits per heavy atom. The van der Waals surface area contributed by atoms with Gasteiger partial charge in [0.15, 0.2) is 0 Å². The highest BCUT2D eigenvalue weighted by Gasteiger charge is 2.36. The van der Waals surface area contributed by atoms with E-state index in [1.807, 2.05) is 58.2 Å². The lowest BCUT2D eigenvalue weighted by Crippen LogP contribution is -2.46. The molecule has 0 aliphatic heterocycles. The summed E-state index contributed by atoms with van der Waals surface area (Å²) in [6.45, 7) is 17.3. The van der Waals surface area contributed by atoms with Crippen LogP contribution in [0.4, 0.5) is 5.69 Å². The summed E-state index contributed by atoms with van der Waals surface area (Å²) in [5.41, 5.74) is 1.61. The van der Waals surface area contributed by atoms with Gasteiger partial charge in [0, 0.05) is 34.8 Å². The highest BCUT2D eigenvalue weighted by atomic mass is 35.5. The van der Waals surface area contributed by atoms with Gasteiger partial charge in [0.25, 0.3) is 5.69 Å². The molecule has 0 amide bonds. The van der Waals surface area contributed by atoms with E-state index in [0.29, 0.717) is 12.1 Å². The topological polar surface area (TPSA) is 102 Å². The third-order valence-corrected chi connectivity index (χ3v) is 6.55. The van der Waals surface area contributed by atoms with Gasteiger partial charge >= 0.3 is 0 Å². The molecule has 9 heteroatoms. The van der Waals surface area contributed by atoms with E-state index in [1.54, 1.807) is 24.3 Å². The second-order valence-corrected chi connectivity index (χ2v) is 10.3. The fourth-order valence-electron chi connectivity index (χ4n) is 3.87. The quantitative estimate of drug-likeness (QED) is 0.0523. The van der Waals surface area contributed by atoms with E-state index in [1.165, 1.54) is 19.2 Å². The molecule has 0 saturated carbocycles. The number of unbranched alkanes of at least 4 members (excludes halogenated alkanes) is 1. The Balaban J connectivity index is 0. The first-order valence-electron chi connectivity index (χ1n) is 14.4. The lowest BCUT2D eigenvalue weighted by Gasteiger charge is -2.42. The van der Waals surface area contributed by atoms with Crippen molar-refractivity contribution in [3.63, 3.8) is 0 Å². The predicted molar refractivity (Wildman–Crippen MR) is 180 cm³/mol. The molecule has 238 valence electrons. The molecule has 43 heavy (non-hydrogen) atoms. The predicted octanol–water partition coefficient (Wildman–Crippen LogP) is 9.98. The van der Waals surface area contributed by atoms with Gasteiger partial charge in [0.1, 0.15) is 12.0 Å². The van der Waals surface area contributed by atoms with E-state index in [2.05, 4.69) is 37.1 Å². The van der Waals surface area contributed by atoms with Gasteiger partial charge in [-0.2, -0.15) is 4.91 Å². The summed E-state index contributed by atoms with van der Waals surface area (Å²) in [6, 6.07) is 14.1. The SMILES string of the molecule is C/C=C(\C)Cl.C=CC=C.CCCCC(CCC)OC(C)(c1ccccc1C=O)N(C)Cc1ccc([N+](=O)[O-])cc1.CN=O. The Morgan fingerprint density at radius 3 is 2.07 bits per heavy atom. The van der Waals surface area contributed by atoms with Crippen LogP contribution in [-0.2, 0) is 17.0 Å². The Morgan fingerprint density at radius 1 is 1.12 bits per heavy atom. The van der Waals surface area contributed by atoms with E-state index in [4.69, 9.17) is 21.2 Å². The van der Waals surface area contributed by atoms with Crippen LogP contribution in [0.3, 0.4) is 0 Å². The second kappa shape index (κ2) is 25.1. The van der Waals surface area contributed by atoms with Crippen molar-refractivity contribution in [1.29, 1.82) is 0 Å². The average molecular weight is 616 g/mol. The van der Waals surface area contributed by atoms with Crippen LogP contribution < -0.4 is 0 Å². The van der Waals surface area contributed by atoms with Gasteiger partial charge < -0.3 is 4.74 Å². The normalized spacial score (nSPS) is 12.4. The van der Waals surface area contributed by atoms with E-state index < -0.39 is 10.6 Å². The number of carbonyl (C=O) groups is 1. The summed E-state index contributed by atoms with van der Waals surface area (Å²) in [5, 5.41) is 14.1. The number of ether oxygens (including phenoxy) is 1. The van der Waals surface area contributed by atoms with Crippen LogP contribution in [0.15, 0.2) is 90.1 Å². The number of nitrogens with zero attached hydrogens (tertiary/aromatic N) is 3. The Kier molecular flexibility index (Phi) is 24.3. The molecular formula is C34H50ClN3O5. The molecule has 2 rings (SSSR count). The molecular weight excluding hydrogens is 566 g/mol. The first-order valence-corrected chi connectivity index (χ1v) is 14.7. The van der Waals surface area contributed by atoms with Gasteiger partial charge in [0.05, 0.1) is 18.1 Å². The van der Waals surface area contributed by atoms with E-state index in [0.717, 1.165) is 54.5 Å². The van der Waals surface area contributed by atoms with Crippen LogP contribution >= 0.6 is 11.6 Å². The molecule has 0 fully saturated rings. The summed E-state index contributed by atoms with van der Waals surface area (Å²) in [5.74, 6) is 0. The number of aldehydes is 1. The van der Waals surface area contributed by atoms with E-state index in [9.17, 15) is 14.9 Å². The number of carbonyl (C=O) groups excluding carboxylic acids is 1. The fraction of sp³-hybridized carbons (Fsp3) is 0.441. The van der Waals surface area contributed by atoms with Crippen LogP contribution in [0, 0.1) is 15.0 Å². The van der Waals surface area contributed by atoms with E-state index in [-0.39, 0.29) is 11.8 Å². The molecule has 0 heterocycles. The molecule has 2 aromatic rings. The molecule has 0 spiro atoms.